The number of hydrogen-bond acceptors (Lipinski definition) is 1. The highest BCUT2D eigenvalue weighted by Gasteiger charge is 2.07. The summed E-state index contributed by atoms with van der Waals surface area (Å²) in [6.45, 7) is 11.6. The molecule has 0 saturated carbocycles. The molecule has 0 aliphatic carbocycles. The van der Waals surface area contributed by atoms with Gasteiger partial charge < -0.3 is 4.90 Å². The molecule has 0 aliphatic heterocycles. The first-order valence-electron chi connectivity index (χ1n) is 5.38. The zero-order valence-corrected chi connectivity index (χ0v) is 11.1. The van der Waals surface area contributed by atoms with Crippen molar-refractivity contribution in [2.75, 3.05) is 18.4 Å². The van der Waals surface area contributed by atoms with E-state index in [1.54, 1.807) is 0 Å². The van der Waals surface area contributed by atoms with Gasteiger partial charge in [-0.1, -0.05) is 29.8 Å². The van der Waals surface area contributed by atoms with E-state index in [2.05, 4.69) is 48.5 Å². The van der Waals surface area contributed by atoms with Crippen LogP contribution in [0.4, 0.5) is 0 Å². The molecule has 0 radical (unpaired) electrons. The quantitative estimate of drug-likeness (QED) is 0.625. The summed E-state index contributed by atoms with van der Waals surface area (Å²) >= 11 is 3.50. The first kappa shape index (κ1) is 13.4. The van der Waals surface area contributed by atoms with E-state index < -0.39 is 0 Å². The van der Waals surface area contributed by atoms with Gasteiger partial charge in [0, 0.05) is 17.9 Å². The maximum absolute atomic E-state index is 3.50. The van der Waals surface area contributed by atoms with Crippen LogP contribution < -0.4 is 0 Å². The van der Waals surface area contributed by atoms with Crippen molar-refractivity contribution in [2.45, 2.75) is 46.6 Å². The molecule has 0 bridgehead atoms. The van der Waals surface area contributed by atoms with Crippen molar-refractivity contribution in [1.29, 1.82) is 0 Å². The molecule has 0 unspecified atom stereocenters. The minimum absolute atomic E-state index is 0.685. The fourth-order valence-electron chi connectivity index (χ4n) is 1.44. The second kappa shape index (κ2) is 7.81. The topological polar surface area (TPSA) is 3.24 Å². The Morgan fingerprint density at radius 2 is 1.69 bits per heavy atom. The van der Waals surface area contributed by atoms with Gasteiger partial charge in [-0.25, -0.2) is 0 Å². The second-order valence-corrected chi connectivity index (χ2v) is 5.15. The molecule has 0 aromatic rings. The Kier molecular flexibility index (Phi) is 8.07. The van der Waals surface area contributed by atoms with Crippen molar-refractivity contribution in [3.05, 3.63) is 0 Å². The predicted octanol–water partition coefficient (Wildman–Crippen LogP) is 3.53. The maximum atomic E-state index is 3.50. The van der Waals surface area contributed by atoms with Gasteiger partial charge >= 0.3 is 0 Å². The molecule has 0 N–H and O–H groups in total. The lowest BCUT2D eigenvalue weighted by Crippen LogP contribution is -2.33. The smallest absolute Gasteiger partial charge is 0.0159 e. The van der Waals surface area contributed by atoms with Crippen LogP contribution in [0.1, 0.15) is 40.5 Å². The molecule has 0 amide bonds. The van der Waals surface area contributed by atoms with E-state index in [1.807, 2.05) is 0 Å². The molecule has 2 heteroatoms. The van der Waals surface area contributed by atoms with Crippen LogP contribution in [0.5, 0.6) is 0 Å². The van der Waals surface area contributed by atoms with Gasteiger partial charge in [-0.15, -0.1) is 0 Å². The van der Waals surface area contributed by atoms with Gasteiger partial charge in [-0.2, -0.15) is 0 Å². The minimum atomic E-state index is 0.685. The van der Waals surface area contributed by atoms with Crippen LogP contribution >= 0.6 is 15.9 Å². The van der Waals surface area contributed by atoms with Gasteiger partial charge in [0.2, 0.25) is 0 Å². The zero-order chi connectivity index (χ0) is 10.3. The fraction of sp³-hybridized carbons (Fsp3) is 1.00. The Labute approximate surface area is 92.0 Å². The molecular formula is C11H24BrN. The van der Waals surface area contributed by atoms with E-state index in [9.17, 15) is 0 Å². The Morgan fingerprint density at radius 3 is 2.08 bits per heavy atom. The van der Waals surface area contributed by atoms with Gasteiger partial charge in [-0.05, 0) is 39.2 Å². The standard InChI is InChI=1S/C11H24BrN/c1-10(2)6-5-8-13(9-7-12)11(3)4/h10-11H,5-9H2,1-4H3. The summed E-state index contributed by atoms with van der Waals surface area (Å²) in [5, 5.41) is 1.09. The SMILES string of the molecule is CC(C)CCCN(CCBr)C(C)C. The Morgan fingerprint density at radius 1 is 1.08 bits per heavy atom. The molecule has 0 aromatic heterocycles. The first-order valence-corrected chi connectivity index (χ1v) is 6.50. The third-order valence-corrected chi connectivity index (χ3v) is 2.68. The average molecular weight is 250 g/mol. The van der Waals surface area contributed by atoms with E-state index >= 15 is 0 Å². The van der Waals surface area contributed by atoms with Crippen molar-refractivity contribution in [1.82, 2.24) is 4.90 Å². The summed E-state index contributed by atoms with van der Waals surface area (Å²) < 4.78 is 0. The highest BCUT2D eigenvalue weighted by molar-refractivity contribution is 9.09. The summed E-state index contributed by atoms with van der Waals surface area (Å²) in [6, 6.07) is 0.685. The largest absolute Gasteiger partial charge is 0.300 e. The van der Waals surface area contributed by atoms with Crippen LogP contribution in [0.25, 0.3) is 0 Å². The molecule has 80 valence electrons. The summed E-state index contributed by atoms with van der Waals surface area (Å²) in [7, 11) is 0. The lowest BCUT2D eigenvalue weighted by Gasteiger charge is -2.25. The van der Waals surface area contributed by atoms with Gasteiger partial charge in [0.05, 0.1) is 0 Å². The van der Waals surface area contributed by atoms with Crippen LogP contribution in [0.15, 0.2) is 0 Å². The second-order valence-electron chi connectivity index (χ2n) is 4.35. The molecule has 1 nitrogen and oxygen atoms in total. The van der Waals surface area contributed by atoms with E-state index in [-0.39, 0.29) is 0 Å². The van der Waals surface area contributed by atoms with Crippen LogP contribution in [0, 0.1) is 5.92 Å². The molecule has 0 heterocycles. The number of rotatable bonds is 7. The molecule has 0 saturated heterocycles. The molecule has 0 fully saturated rings. The predicted molar refractivity (Wildman–Crippen MR) is 64.6 cm³/mol. The highest BCUT2D eigenvalue weighted by atomic mass is 79.9. The number of hydrogen-bond donors (Lipinski definition) is 0. The lowest BCUT2D eigenvalue weighted by molar-refractivity contribution is 0.228. The maximum Gasteiger partial charge on any atom is 0.0159 e. The summed E-state index contributed by atoms with van der Waals surface area (Å²) in [4.78, 5) is 2.54. The molecule has 0 aliphatic rings. The normalized spacial score (nSPS) is 12.0. The molecule has 13 heavy (non-hydrogen) atoms. The van der Waals surface area contributed by atoms with Crippen molar-refractivity contribution in [3.8, 4) is 0 Å². The van der Waals surface area contributed by atoms with Gasteiger partial charge in [-0.3, -0.25) is 0 Å². The highest BCUT2D eigenvalue weighted by Crippen LogP contribution is 2.07. The van der Waals surface area contributed by atoms with E-state index in [0.29, 0.717) is 6.04 Å². The van der Waals surface area contributed by atoms with Gasteiger partial charge in [0.1, 0.15) is 0 Å². The summed E-state index contributed by atoms with van der Waals surface area (Å²) in [6.07, 6.45) is 2.69. The van der Waals surface area contributed by atoms with E-state index in [4.69, 9.17) is 0 Å². The van der Waals surface area contributed by atoms with Gasteiger partial charge in [0.25, 0.3) is 0 Å². The Hall–Kier alpha value is 0.440. The number of alkyl halides is 1. The van der Waals surface area contributed by atoms with Crippen LogP contribution in [0.2, 0.25) is 0 Å². The molecule has 0 atom stereocenters. The number of halogens is 1. The monoisotopic (exact) mass is 249 g/mol. The van der Waals surface area contributed by atoms with Crippen molar-refractivity contribution in [2.24, 2.45) is 5.92 Å². The van der Waals surface area contributed by atoms with E-state index in [1.165, 1.54) is 25.9 Å². The first-order chi connectivity index (χ1) is 6.07. The third kappa shape index (κ3) is 7.51. The van der Waals surface area contributed by atoms with Crippen LogP contribution in [-0.4, -0.2) is 29.4 Å². The van der Waals surface area contributed by atoms with Crippen molar-refractivity contribution < 1.29 is 0 Å². The van der Waals surface area contributed by atoms with Crippen molar-refractivity contribution >= 4 is 15.9 Å². The van der Waals surface area contributed by atoms with E-state index in [0.717, 1.165) is 11.2 Å². The zero-order valence-electron chi connectivity index (χ0n) is 9.52. The fourth-order valence-corrected chi connectivity index (χ4v) is 1.89. The van der Waals surface area contributed by atoms with Gasteiger partial charge in [0.15, 0.2) is 0 Å². The van der Waals surface area contributed by atoms with Crippen LogP contribution in [0.3, 0.4) is 0 Å². The summed E-state index contributed by atoms with van der Waals surface area (Å²) in [5.74, 6) is 0.845. The molecule has 0 rings (SSSR count). The minimum Gasteiger partial charge on any atom is -0.300 e. The van der Waals surface area contributed by atoms with Crippen LogP contribution in [-0.2, 0) is 0 Å². The van der Waals surface area contributed by atoms with Crippen molar-refractivity contribution in [3.63, 3.8) is 0 Å². The summed E-state index contributed by atoms with van der Waals surface area (Å²) in [5.41, 5.74) is 0. The third-order valence-electron chi connectivity index (χ3n) is 2.33. The number of nitrogens with zero attached hydrogens (tertiary/aromatic N) is 1. The lowest BCUT2D eigenvalue weighted by atomic mass is 10.1. The Balaban J connectivity index is 3.57. The molecular weight excluding hydrogens is 226 g/mol. The molecule has 0 spiro atoms. The average Bonchev–Trinajstić information content (AvgIpc) is 2.02. The Bertz CT molecular complexity index is 113. The molecule has 0 aromatic carbocycles.